The first kappa shape index (κ1) is 18.6. The van der Waals surface area contributed by atoms with Crippen LogP contribution in [-0.2, 0) is 17.8 Å². The van der Waals surface area contributed by atoms with Crippen molar-refractivity contribution >= 4 is 11.6 Å². The van der Waals surface area contributed by atoms with Crippen molar-refractivity contribution < 1.29 is 4.79 Å². The van der Waals surface area contributed by atoms with E-state index in [2.05, 4.69) is 10.3 Å². The molecule has 0 bridgehead atoms. The van der Waals surface area contributed by atoms with Gasteiger partial charge in [-0.1, -0.05) is 49.4 Å². The molecule has 0 saturated heterocycles. The summed E-state index contributed by atoms with van der Waals surface area (Å²) in [6, 6.07) is 16.8. The number of benzene rings is 2. The Morgan fingerprint density at radius 2 is 1.81 bits per heavy atom. The van der Waals surface area contributed by atoms with E-state index in [0.29, 0.717) is 17.9 Å². The van der Waals surface area contributed by atoms with Gasteiger partial charge in [0.25, 0.3) is 5.56 Å². The number of anilines is 1. The van der Waals surface area contributed by atoms with E-state index in [1.54, 1.807) is 0 Å². The van der Waals surface area contributed by atoms with Crippen LogP contribution in [0.25, 0.3) is 11.4 Å². The Balaban J connectivity index is 1.95. The second-order valence-corrected chi connectivity index (χ2v) is 6.58. The van der Waals surface area contributed by atoms with Crippen molar-refractivity contribution in [3.8, 4) is 11.4 Å². The highest BCUT2D eigenvalue weighted by Gasteiger charge is 2.14. The number of aryl methyl sites for hydroxylation is 3. The van der Waals surface area contributed by atoms with Gasteiger partial charge in [0.15, 0.2) is 0 Å². The van der Waals surface area contributed by atoms with Crippen molar-refractivity contribution in [3.05, 3.63) is 81.8 Å². The van der Waals surface area contributed by atoms with E-state index in [1.807, 2.05) is 69.3 Å². The van der Waals surface area contributed by atoms with Gasteiger partial charge in [0.1, 0.15) is 12.4 Å². The minimum Gasteiger partial charge on any atom is -0.324 e. The Bertz CT molecular complexity index is 1020. The predicted molar refractivity (Wildman–Crippen MR) is 108 cm³/mol. The number of amides is 1. The monoisotopic (exact) mass is 361 g/mol. The maximum atomic E-state index is 12.6. The fraction of sp³-hybridized carbons (Fsp3) is 0.227. The molecule has 0 fully saturated rings. The molecule has 0 spiro atoms. The highest BCUT2D eigenvalue weighted by atomic mass is 16.2. The summed E-state index contributed by atoms with van der Waals surface area (Å²) in [5.41, 5.74) is 4.09. The number of hydrogen-bond acceptors (Lipinski definition) is 3. The van der Waals surface area contributed by atoms with Gasteiger partial charge in [-0.2, -0.15) is 0 Å². The number of nitrogens with zero attached hydrogens (tertiary/aromatic N) is 2. The van der Waals surface area contributed by atoms with Crippen LogP contribution < -0.4 is 10.9 Å². The maximum Gasteiger partial charge on any atom is 0.254 e. The molecule has 1 heterocycles. The molecule has 0 aliphatic rings. The van der Waals surface area contributed by atoms with E-state index >= 15 is 0 Å². The fourth-order valence-corrected chi connectivity index (χ4v) is 2.90. The van der Waals surface area contributed by atoms with E-state index in [4.69, 9.17) is 0 Å². The topological polar surface area (TPSA) is 64.0 Å². The lowest BCUT2D eigenvalue weighted by molar-refractivity contribution is -0.116. The van der Waals surface area contributed by atoms with Crippen LogP contribution in [0, 0.1) is 13.8 Å². The summed E-state index contributed by atoms with van der Waals surface area (Å²) in [7, 11) is 0. The standard InChI is InChI=1S/C22H23N3O2/c1-4-18-13-21(27)25(22(23-18)17-8-6-5-7-9-17)14-20(26)24-19-12-15(2)10-11-16(19)3/h5-13H,4,14H2,1-3H3,(H,24,26). The lowest BCUT2D eigenvalue weighted by Crippen LogP contribution is -2.30. The maximum absolute atomic E-state index is 12.6. The van der Waals surface area contributed by atoms with Crippen LogP contribution in [0.1, 0.15) is 23.7 Å². The Morgan fingerprint density at radius 3 is 2.52 bits per heavy atom. The number of nitrogens with one attached hydrogen (secondary N) is 1. The number of carbonyl (C=O) groups excluding carboxylic acids is 1. The third kappa shape index (κ3) is 4.31. The molecule has 0 radical (unpaired) electrons. The summed E-state index contributed by atoms with van der Waals surface area (Å²) in [6.45, 7) is 5.77. The molecule has 0 unspecified atom stereocenters. The smallest absolute Gasteiger partial charge is 0.254 e. The zero-order chi connectivity index (χ0) is 19.4. The summed E-state index contributed by atoms with van der Waals surface area (Å²) < 4.78 is 1.43. The van der Waals surface area contributed by atoms with Gasteiger partial charge in [-0.25, -0.2) is 4.98 Å². The third-order valence-electron chi connectivity index (χ3n) is 4.42. The van der Waals surface area contributed by atoms with Crippen LogP contribution in [0.2, 0.25) is 0 Å². The Hall–Kier alpha value is -3.21. The van der Waals surface area contributed by atoms with Crippen LogP contribution in [-0.4, -0.2) is 15.5 Å². The highest BCUT2D eigenvalue weighted by Crippen LogP contribution is 2.18. The van der Waals surface area contributed by atoms with E-state index in [9.17, 15) is 9.59 Å². The molecule has 1 aromatic heterocycles. The fourth-order valence-electron chi connectivity index (χ4n) is 2.90. The van der Waals surface area contributed by atoms with Crippen molar-refractivity contribution in [1.29, 1.82) is 0 Å². The first-order chi connectivity index (χ1) is 13.0. The molecule has 0 aliphatic heterocycles. The second kappa shape index (κ2) is 7.99. The van der Waals surface area contributed by atoms with Gasteiger partial charge < -0.3 is 5.32 Å². The van der Waals surface area contributed by atoms with Crippen LogP contribution in [0.3, 0.4) is 0 Å². The Labute approximate surface area is 158 Å². The second-order valence-electron chi connectivity index (χ2n) is 6.58. The minimum atomic E-state index is -0.256. The van der Waals surface area contributed by atoms with Gasteiger partial charge in [-0.3, -0.25) is 14.2 Å². The van der Waals surface area contributed by atoms with E-state index in [0.717, 1.165) is 22.4 Å². The molecule has 5 nitrogen and oxygen atoms in total. The van der Waals surface area contributed by atoms with Gasteiger partial charge in [-0.15, -0.1) is 0 Å². The summed E-state index contributed by atoms with van der Waals surface area (Å²) >= 11 is 0. The molecule has 138 valence electrons. The summed E-state index contributed by atoms with van der Waals surface area (Å²) in [6.07, 6.45) is 0.657. The number of aromatic nitrogens is 2. The van der Waals surface area contributed by atoms with Crippen molar-refractivity contribution in [3.63, 3.8) is 0 Å². The largest absolute Gasteiger partial charge is 0.324 e. The predicted octanol–water partition coefficient (Wildman–Crippen LogP) is 3.73. The molecule has 3 rings (SSSR count). The quantitative estimate of drug-likeness (QED) is 0.753. The molecular weight excluding hydrogens is 338 g/mol. The first-order valence-corrected chi connectivity index (χ1v) is 9.01. The molecule has 0 aliphatic carbocycles. The summed E-state index contributed by atoms with van der Waals surface area (Å²) in [5.74, 6) is 0.255. The first-order valence-electron chi connectivity index (χ1n) is 9.01. The van der Waals surface area contributed by atoms with E-state index < -0.39 is 0 Å². The molecule has 0 saturated carbocycles. The molecule has 1 N–H and O–H groups in total. The molecule has 0 atom stereocenters. The number of carbonyl (C=O) groups is 1. The molecule has 27 heavy (non-hydrogen) atoms. The zero-order valence-electron chi connectivity index (χ0n) is 15.8. The molecule has 5 heteroatoms. The highest BCUT2D eigenvalue weighted by molar-refractivity contribution is 5.91. The van der Waals surface area contributed by atoms with Crippen LogP contribution in [0.15, 0.2) is 59.4 Å². The van der Waals surface area contributed by atoms with Crippen LogP contribution in [0.4, 0.5) is 5.69 Å². The molecule has 1 amide bonds. The van der Waals surface area contributed by atoms with E-state index in [-0.39, 0.29) is 18.0 Å². The van der Waals surface area contributed by atoms with Crippen molar-refractivity contribution in [2.45, 2.75) is 33.7 Å². The van der Waals surface area contributed by atoms with Gasteiger partial charge >= 0.3 is 0 Å². The van der Waals surface area contributed by atoms with Gasteiger partial charge in [0.05, 0.1) is 0 Å². The number of hydrogen-bond donors (Lipinski definition) is 1. The number of rotatable bonds is 5. The minimum absolute atomic E-state index is 0.0898. The Kier molecular flexibility index (Phi) is 5.50. The van der Waals surface area contributed by atoms with Gasteiger partial charge in [0, 0.05) is 23.0 Å². The van der Waals surface area contributed by atoms with Crippen LogP contribution >= 0.6 is 0 Å². The van der Waals surface area contributed by atoms with Crippen molar-refractivity contribution in [2.24, 2.45) is 0 Å². The SMILES string of the molecule is CCc1cc(=O)n(CC(=O)Nc2cc(C)ccc2C)c(-c2ccccc2)n1. The molecular formula is C22H23N3O2. The van der Waals surface area contributed by atoms with Gasteiger partial charge in [0.2, 0.25) is 5.91 Å². The normalized spacial score (nSPS) is 10.6. The average Bonchev–Trinajstić information content (AvgIpc) is 2.66. The van der Waals surface area contributed by atoms with E-state index in [1.165, 1.54) is 10.6 Å². The lowest BCUT2D eigenvalue weighted by atomic mass is 10.1. The van der Waals surface area contributed by atoms with Crippen molar-refractivity contribution in [2.75, 3.05) is 5.32 Å². The lowest BCUT2D eigenvalue weighted by Gasteiger charge is -2.14. The molecule has 3 aromatic rings. The van der Waals surface area contributed by atoms with Gasteiger partial charge in [-0.05, 0) is 37.5 Å². The summed E-state index contributed by atoms with van der Waals surface area (Å²) in [5, 5.41) is 2.91. The molecule has 2 aromatic carbocycles. The van der Waals surface area contributed by atoms with Crippen LogP contribution in [0.5, 0.6) is 0 Å². The zero-order valence-corrected chi connectivity index (χ0v) is 15.8. The average molecular weight is 361 g/mol. The van der Waals surface area contributed by atoms with Crippen molar-refractivity contribution in [1.82, 2.24) is 9.55 Å². The third-order valence-corrected chi connectivity index (χ3v) is 4.42. The Morgan fingerprint density at radius 1 is 1.07 bits per heavy atom. The summed E-state index contributed by atoms with van der Waals surface area (Å²) in [4.78, 5) is 29.9.